The number of hydrogen-bond donors (Lipinski definition) is 1. The van der Waals surface area contributed by atoms with Gasteiger partial charge in [0, 0.05) is 51.2 Å². The largest absolute Gasteiger partial charge is 0.381 e. The summed E-state index contributed by atoms with van der Waals surface area (Å²) in [5.41, 5.74) is 1.03. The van der Waals surface area contributed by atoms with Gasteiger partial charge in [0.15, 0.2) is 5.82 Å². The van der Waals surface area contributed by atoms with Gasteiger partial charge in [-0.15, -0.1) is 0 Å². The van der Waals surface area contributed by atoms with E-state index in [9.17, 15) is 0 Å². The second kappa shape index (κ2) is 7.33. The summed E-state index contributed by atoms with van der Waals surface area (Å²) in [6.07, 6.45) is 6.54. The number of imidazole rings is 1. The number of anilines is 1. The zero-order valence-electron chi connectivity index (χ0n) is 12.7. The summed E-state index contributed by atoms with van der Waals surface area (Å²) in [6.45, 7) is 3.57. The Balaban J connectivity index is 1.68. The molecule has 1 fully saturated rings. The Morgan fingerprint density at radius 1 is 1.45 bits per heavy atom. The Kier molecular flexibility index (Phi) is 4.97. The molecule has 3 rings (SSSR count). The van der Waals surface area contributed by atoms with Crippen molar-refractivity contribution in [3.05, 3.63) is 36.3 Å². The average molecular weight is 303 g/mol. The van der Waals surface area contributed by atoms with Crippen molar-refractivity contribution in [2.45, 2.75) is 25.5 Å². The van der Waals surface area contributed by atoms with Gasteiger partial charge in [0.2, 0.25) is 0 Å². The van der Waals surface area contributed by atoms with Crippen LogP contribution in [-0.2, 0) is 22.6 Å². The maximum Gasteiger partial charge on any atom is 0.156 e. The molecule has 3 heterocycles. The first kappa shape index (κ1) is 14.9. The van der Waals surface area contributed by atoms with Crippen molar-refractivity contribution in [1.29, 1.82) is 0 Å². The maximum absolute atomic E-state index is 5.46. The van der Waals surface area contributed by atoms with Crippen LogP contribution in [0.4, 0.5) is 5.82 Å². The Morgan fingerprint density at radius 2 is 2.41 bits per heavy atom. The molecule has 22 heavy (non-hydrogen) atoms. The van der Waals surface area contributed by atoms with Gasteiger partial charge < -0.3 is 19.4 Å². The van der Waals surface area contributed by atoms with Crippen molar-refractivity contribution in [2.24, 2.45) is 0 Å². The van der Waals surface area contributed by atoms with Crippen LogP contribution in [0.15, 0.2) is 24.8 Å². The minimum absolute atomic E-state index is 0.354. The third kappa shape index (κ3) is 3.80. The lowest BCUT2D eigenvalue weighted by Crippen LogP contribution is -2.13. The number of rotatable bonds is 7. The second-order valence-electron chi connectivity index (χ2n) is 5.32. The first-order valence-corrected chi connectivity index (χ1v) is 7.49. The molecule has 1 aliphatic rings. The van der Waals surface area contributed by atoms with Crippen LogP contribution in [0.2, 0.25) is 0 Å². The van der Waals surface area contributed by atoms with E-state index in [0.29, 0.717) is 18.3 Å². The van der Waals surface area contributed by atoms with E-state index < -0.39 is 0 Å². The van der Waals surface area contributed by atoms with Gasteiger partial charge in [-0.25, -0.2) is 15.0 Å². The molecule has 0 saturated carbocycles. The predicted molar refractivity (Wildman–Crippen MR) is 81.6 cm³/mol. The summed E-state index contributed by atoms with van der Waals surface area (Å²) in [7, 11) is 1.65. The normalized spacial score (nSPS) is 17.8. The summed E-state index contributed by atoms with van der Waals surface area (Å²) in [5, 5.41) is 3.35. The van der Waals surface area contributed by atoms with E-state index in [1.165, 1.54) is 0 Å². The van der Waals surface area contributed by atoms with Crippen LogP contribution in [0.1, 0.15) is 23.9 Å². The number of nitrogens with zero attached hydrogens (tertiary/aromatic N) is 4. The van der Waals surface area contributed by atoms with Gasteiger partial charge in [0.25, 0.3) is 0 Å². The first-order chi connectivity index (χ1) is 10.8. The molecule has 1 atom stereocenters. The molecule has 0 aliphatic carbocycles. The zero-order valence-corrected chi connectivity index (χ0v) is 12.7. The highest BCUT2D eigenvalue weighted by Crippen LogP contribution is 2.25. The summed E-state index contributed by atoms with van der Waals surface area (Å²) < 4.78 is 12.7. The van der Waals surface area contributed by atoms with Gasteiger partial charge in [-0.1, -0.05) is 0 Å². The van der Waals surface area contributed by atoms with Crippen LogP contribution >= 0.6 is 0 Å². The molecule has 0 unspecified atom stereocenters. The molecule has 1 saturated heterocycles. The van der Waals surface area contributed by atoms with E-state index in [2.05, 4.69) is 20.3 Å². The molecule has 0 amide bonds. The van der Waals surface area contributed by atoms with Gasteiger partial charge in [0.1, 0.15) is 12.4 Å². The number of ether oxygens (including phenoxy) is 2. The molecule has 0 bridgehead atoms. The molecule has 7 nitrogen and oxygen atoms in total. The Labute approximate surface area is 129 Å². The Bertz CT molecular complexity index is 582. The van der Waals surface area contributed by atoms with Crippen molar-refractivity contribution < 1.29 is 9.47 Å². The van der Waals surface area contributed by atoms with E-state index in [4.69, 9.17) is 9.47 Å². The summed E-state index contributed by atoms with van der Waals surface area (Å²) in [6, 6.07) is 2.02. The van der Waals surface area contributed by atoms with Crippen LogP contribution in [0.25, 0.3) is 0 Å². The molecule has 0 aromatic carbocycles. The van der Waals surface area contributed by atoms with Crippen LogP contribution in [0.5, 0.6) is 0 Å². The summed E-state index contributed by atoms with van der Waals surface area (Å²) >= 11 is 0. The quantitative estimate of drug-likeness (QED) is 0.834. The number of methoxy groups -OCH3 is 1. The number of hydrogen-bond acceptors (Lipinski definition) is 6. The fraction of sp³-hybridized carbons (Fsp3) is 0.533. The van der Waals surface area contributed by atoms with E-state index in [1.807, 2.05) is 16.8 Å². The summed E-state index contributed by atoms with van der Waals surface area (Å²) in [4.78, 5) is 13.1. The summed E-state index contributed by atoms with van der Waals surface area (Å²) in [5.74, 6) is 1.90. The van der Waals surface area contributed by atoms with Crippen molar-refractivity contribution in [1.82, 2.24) is 19.5 Å². The molecule has 1 N–H and O–H groups in total. The molecule has 7 heteroatoms. The third-order valence-electron chi connectivity index (χ3n) is 3.65. The molecular weight excluding hydrogens is 282 g/mol. The van der Waals surface area contributed by atoms with Crippen LogP contribution in [0, 0.1) is 0 Å². The van der Waals surface area contributed by atoms with Crippen LogP contribution in [0.3, 0.4) is 0 Å². The van der Waals surface area contributed by atoms with Gasteiger partial charge in [-0.3, -0.25) is 0 Å². The minimum Gasteiger partial charge on any atom is -0.381 e. The molecule has 118 valence electrons. The van der Waals surface area contributed by atoms with Crippen molar-refractivity contribution in [3.8, 4) is 0 Å². The van der Waals surface area contributed by atoms with Crippen molar-refractivity contribution in [3.63, 3.8) is 0 Å². The standard InChI is InChI=1S/C15H21N5O2/c1-21-10-15-18-13(12-2-7-22-9-12)8-14(19-15)17-4-6-20-5-3-16-11-20/h3,5,8,11-12H,2,4,6-7,9-10H2,1H3,(H,17,18,19)/t12-/m0/s1. The third-order valence-corrected chi connectivity index (χ3v) is 3.65. The lowest BCUT2D eigenvalue weighted by molar-refractivity contribution is 0.177. The lowest BCUT2D eigenvalue weighted by Gasteiger charge is -2.13. The zero-order chi connectivity index (χ0) is 15.2. The molecule has 2 aromatic rings. The topological polar surface area (TPSA) is 74.1 Å². The molecular formula is C15H21N5O2. The minimum atomic E-state index is 0.354. The van der Waals surface area contributed by atoms with Crippen LogP contribution in [-0.4, -0.2) is 46.4 Å². The number of nitrogens with one attached hydrogen (secondary N) is 1. The van der Waals surface area contributed by atoms with E-state index >= 15 is 0 Å². The SMILES string of the molecule is COCc1nc(NCCn2ccnc2)cc([C@H]2CCOC2)n1. The molecule has 1 aliphatic heterocycles. The molecule has 2 aromatic heterocycles. The highest BCUT2D eigenvalue weighted by Gasteiger charge is 2.20. The Hall–Kier alpha value is -1.99. The molecule has 0 spiro atoms. The van der Waals surface area contributed by atoms with Gasteiger partial charge >= 0.3 is 0 Å². The monoisotopic (exact) mass is 303 g/mol. The maximum atomic E-state index is 5.46. The van der Waals surface area contributed by atoms with E-state index in [-0.39, 0.29) is 0 Å². The molecule has 0 radical (unpaired) electrons. The van der Waals surface area contributed by atoms with Crippen molar-refractivity contribution in [2.75, 3.05) is 32.2 Å². The predicted octanol–water partition coefficient (Wildman–Crippen LogP) is 1.44. The average Bonchev–Trinajstić information content (AvgIpc) is 3.21. The lowest BCUT2D eigenvalue weighted by atomic mass is 10.0. The smallest absolute Gasteiger partial charge is 0.156 e. The van der Waals surface area contributed by atoms with Gasteiger partial charge in [-0.05, 0) is 6.42 Å². The van der Waals surface area contributed by atoms with Gasteiger partial charge in [0.05, 0.1) is 18.6 Å². The van der Waals surface area contributed by atoms with Crippen LogP contribution < -0.4 is 5.32 Å². The van der Waals surface area contributed by atoms with Gasteiger partial charge in [-0.2, -0.15) is 0 Å². The highest BCUT2D eigenvalue weighted by molar-refractivity contribution is 5.37. The Morgan fingerprint density at radius 3 is 3.14 bits per heavy atom. The number of aromatic nitrogens is 4. The fourth-order valence-electron chi connectivity index (χ4n) is 2.51. The fourth-order valence-corrected chi connectivity index (χ4v) is 2.51. The highest BCUT2D eigenvalue weighted by atomic mass is 16.5. The van der Waals surface area contributed by atoms with Crippen molar-refractivity contribution >= 4 is 5.82 Å². The second-order valence-corrected chi connectivity index (χ2v) is 5.32. The van der Waals surface area contributed by atoms with E-state index in [1.54, 1.807) is 19.6 Å². The first-order valence-electron chi connectivity index (χ1n) is 7.49. The van der Waals surface area contributed by atoms with E-state index in [0.717, 1.165) is 44.2 Å².